The summed E-state index contributed by atoms with van der Waals surface area (Å²) in [4.78, 5) is 13.9. The van der Waals surface area contributed by atoms with Crippen LogP contribution < -0.4 is 0 Å². The summed E-state index contributed by atoms with van der Waals surface area (Å²) >= 11 is 0. The first kappa shape index (κ1) is 15.3. The van der Waals surface area contributed by atoms with Crippen molar-refractivity contribution in [3.05, 3.63) is 35.4 Å². The van der Waals surface area contributed by atoms with Crippen LogP contribution in [0.2, 0.25) is 0 Å². The average Bonchev–Trinajstić information content (AvgIpc) is 2.42. The standard InChI is InChI=1S/C16H21NO2/c1-13(2)10-11-17(3)16(19)15-8-6-14(7-9-15)5-4-12-18/h6-9,13,18H,10-12H2,1-3H3. The van der Waals surface area contributed by atoms with Crippen LogP contribution in [-0.2, 0) is 0 Å². The number of rotatable bonds is 4. The van der Waals surface area contributed by atoms with Crippen LogP contribution in [-0.4, -0.2) is 36.1 Å². The summed E-state index contributed by atoms with van der Waals surface area (Å²) in [6.45, 7) is 4.90. The van der Waals surface area contributed by atoms with Crippen molar-refractivity contribution in [2.24, 2.45) is 5.92 Å². The lowest BCUT2D eigenvalue weighted by Crippen LogP contribution is -2.28. The number of carbonyl (C=O) groups is 1. The van der Waals surface area contributed by atoms with Crippen LogP contribution in [0.15, 0.2) is 24.3 Å². The summed E-state index contributed by atoms with van der Waals surface area (Å²) in [5, 5.41) is 8.61. The van der Waals surface area contributed by atoms with Crippen molar-refractivity contribution in [3.8, 4) is 11.8 Å². The van der Waals surface area contributed by atoms with Crippen molar-refractivity contribution in [1.29, 1.82) is 0 Å². The van der Waals surface area contributed by atoms with Crippen LogP contribution >= 0.6 is 0 Å². The van der Waals surface area contributed by atoms with Crippen LogP contribution in [0.4, 0.5) is 0 Å². The maximum Gasteiger partial charge on any atom is 0.253 e. The summed E-state index contributed by atoms with van der Waals surface area (Å²) in [6, 6.07) is 7.14. The summed E-state index contributed by atoms with van der Waals surface area (Å²) in [5.41, 5.74) is 1.47. The molecule has 1 amide bonds. The van der Waals surface area contributed by atoms with E-state index in [4.69, 9.17) is 5.11 Å². The molecule has 3 nitrogen and oxygen atoms in total. The first-order chi connectivity index (χ1) is 9.04. The van der Waals surface area contributed by atoms with Gasteiger partial charge in [-0.25, -0.2) is 0 Å². The van der Waals surface area contributed by atoms with Gasteiger partial charge in [0.05, 0.1) is 0 Å². The summed E-state index contributed by atoms with van der Waals surface area (Å²) < 4.78 is 0. The number of hydrogen-bond acceptors (Lipinski definition) is 2. The third-order valence-electron chi connectivity index (χ3n) is 2.83. The second kappa shape index (κ2) is 7.60. The minimum absolute atomic E-state index is 0.0299. The molecule has 3 heteroatoms. The highest BCUT2D eigenvalue weighted by Gasteiger charge is 2.11. The molecule has 0 unspecified atom stereocenters. The highest BCUT2D eigenvalue weighted by atomic mass is 16.2. The maximum absolute atomic E-state index is 12.1. The first-order valence-electron chi connectivity index (χ1n) is 6.50. The van der Waals surface area contributed by atoms with E-state index in [-0.39, 0.29) is 12.5 Å². The molecule has 1 rings (SSSR count). The molecule has 0 atom stereocenters. The number of hydrogen-bond donors (Lipinski definition) is 1. The molecule has 1 aromatic carbocycles. The number of aliphatic hydroxyl groups excluding tert-OH is 1. The molecule has 0 radical (unpaired) electrons. The quantitative estimate of drug-likeness (QED) is 0.842. The third kappa shape index (κ3) is 5.15. The van der Waals surface area contributed by atoms with Gasteiger partial charge < -0.3 is 10.0 Å². The summed E-state index contributed by atoms with van der Waals surface area (Å²) in [6.07, 6.45) is 1.00. The van der Waals surface area contributed by atoms with Crippen molar-refractivity contribution < 1.29 is 9.90 Å². The zero-order chi connectivity index (χ0) is 14.3. The SMILES string of the molecule is CC(C)CCN(C)C(=O)c1ccc(C#CCO)cc1. The van der Waals surface area contributed by atoms with Gasteiger partial charge in [-0.3, -0.25) is 4.79 Å². The van der Waals surface area contributed by atoms with Crippen LogP contribution in [0.5, 0.6) is 0 Å². The lowest BCUT2D eigenvalue weighted by Gasteiger charge is -2.18. The van der Waals surface area contributed by atoms with Crippen LogP contribution in [0.1, 0.15) is 36.2 Å². The second-order valence-electron chi connectivity index (χ2n) is 4.95. The average molecular weight is 259 g/mol. The van der Waals surface area contributed by atoms with Crippen LogP contribution in [0.25, 0.3) is 0 Å². The predicted molar refractivity (Wildman–Crippen MR) is 76.8 cm³/mol. The Labute approximate surface area is 115 Å². The first-order valence-corrected chi connectivity index (χ1v) is 6.50. The molecule has 0 heterocycles. The molecule has 0 fully saturated rings. The Morgan fingerprint density at radius 2 is 1.95 bits per heavy atom. The van der Waals surface area contributed by atoms with Gasteiger partial charge in [0.2, 0.25) is 0 Å². The molecular weight excluding hydrogens is 238 g/mol. The lowest BCUT2D eigenvalue weighted by molar-refractivity contribution is 0.0789. The molecule has 0 aliphatic rings. The smallest absolute Gasteiger partial charge is 0.253 e. The van der Waals surface area contributed by atoms with E-state index in [0.29, 0.717) is 11.5 Å². The molecule has 1 aromatic rings. The van der Waals surface area contributed by atoms with Crippen molar-refractivity contribution in [3.63, 3.8) is 0 Å². The zero-order valence-electron chi connectivity index (χ0n) is 11.8. The summed E-state index contributed by atoms with van der Waals surface area (Å²) in [7, 11) is 1.82. The molecule has 0 saturated carbocycles. The van der Waals surface area contributed by atoms with Gasteiger partial charge in [0.1, 0.15) is 6.61 Å². The van der Waals surface area contributed by atoms with Gasteiger partial charge in [0.25, 0.3) is 5.91 Å². The third-order valence-corrected chi connectivity index (χ3v) is 2.83. The van der Waals surface area contributed by atoms with Crippen LogP contribution in [0, 0.1) is 17.8 Å². The Morgan fingerprint density at radius 1 is 1.32 bits per heavy atom. The maximum atomic E-state index is 12.1. The molecule has 0 spiro atoms. The highest BCUT2D eigenvalue weighted by Crippen LogP contribution is 2.08. The minimum Gasteiger partial charge on any atom is -0.384 e. The van der Waals surface area contributed by atoms with Gasteiger partial charge in [-0.1, -0.05) is 25.7 Å². The van der Waals surface area contributed by atoms with E-state index in [2.05, 4.69) is 25.7 Å². The molecule has 19 heavy (non-hydrogen) atoms. The fourth-order valence-electron chi connectivity index (χ4n) is 1.61. The number of amides is 1. The molecule has 102 valence electrons. The van der Waals surface area contributed by atoms with E-state index in [1.807, 2.05) is 7.05 Å². The molecule has 0 aliphatic heterocycles. The van der Waals surface area contributed by atoms with Gasteiger partial charge in [-0.15, -0.1) is 0 Å². The minimum atomic E-state index is -0.154. The largest absolute Gasteiger partial charge is 0.384 e. The lowest BCUT2D eigenvalue weighted by atomic mass is 10.1. The van der Waals surface area contributed by atoms with Crippen molar-refractivity contribution in [2.75, 3.05) is 20.2 Å². The van der Waals surface area contributed by atoms with E-state index in [1.165, 1.54) is 0 Å². The van der Waals surface area contributed by atoms with Gasteiger partial charge in [-0.2, -0.15) is 0 Å². The van der Waals surface area contributed by atoms with Gasteiger partial charge in [-0.05, 0) is 36.6 Å². The highest BCUT2D eigenvalue weighted by molar-refractivity contribution is 5.94. The number of carbonyl (C=O) groups excluding carboxylic acids is 1. The second-order valence-corrected chi connectivity index (χ2v) is 4.95. The monoisotopic (exact) mass is 259 g/mol. The Morgan fingerprint density at radius 3 is 2.47 bits per heavy atom. The summed E-state index contributed by atoms with van der Waals surface area (Å²) in [5.74, 6) is 6.00. The van der Waals surface area contributed by atoms with E-state index >= 15 is 0 Å². The molecule has 0 aromatic heterocycles. The van der Waals surface area contributed by atoms with Crippen LogP contribution in [0.3, 0.4) is 0 Å². The van der Waals surface area contributed by atoms with Crippen molar-refractivity contribution in [1.82, 2.24) is 4.90 Å². The van der Waals surface area contributed by atoms with E-state index in [1.54, 1.807) is 29.2 Å². The molecule has 0 aliphatic carbocycles. The predicted octanol–water partition coefficient (Wildman–Crippen LogP) is 2.15. The Balaban J connectivity index is 2.67. The van der Waals surface area contributed by atoms with Gasteiger partial charge in [0.15, 0.2) is 0 Å². The molecule has 1 N–H and O–H groups in total. The normalized spacial score (nSPS) is 9.95. The molecule has 0 saturated heterocycles. The Hall–Kier alpha value is -1.79. The molecule has 0 bridgehead atoms. The Kier molecular flexibility index (Phi) is 6.11. The van der Waals surface area contributed by atoms with Crippen molar-refractivity contribution in [2.45, 2.75) is 20.3 Å². The molecular formula is C16H21NO2. The number of aliphatic hydroxyl groups is 1. The van der Waals surface area contributed by atoms with E-state index < -0.39 is 0 Å². The topological polar surface area (TPSA) is 40.5 Å². The van der Waals surface area contributed by atoms with Crippen molar-refractivity contribution >= 4 is 5.91 Å². The fraction of sp³-hybridized carbons (Fsp3) is 0.438. The van der Waals surface area contributed by atoms with Gasteiger partial charge >= 0.3 is 0 Å². The number of benzene rings is 1. The van der Waals surface area contributed by atoms with Gasteiger partial charge in [0, 0.05) is 24.7 Å². The number of nitrogens with zero attached hydrogens (tertiary/aromatic N) is 1. The zero-order valence-corrected chi connectivity index (χ0v) is 11.8. The van der Waals surface area contributed by atoms with E-state index in [9.17, 15) is 4.79 Å². The Bertz CT molecular complexity index is 466. The van der Waals surface area contributed by atoms with E-state index in [0.717, 1.165) is 18.5 Å². The fourth-order valence-corrected chi connectivity index (χ4v) is 1.61.